The summed E-state index contributed by atoms with van der Waals surface area (Å²) in [4.78, 5) is 5.53. The Morgan fingerprint density at radius 1 is 1.32 bits per heavy atom. The lowest BCUT2D eigenvalue weighted by molar-refractivity contribution is -0.662. The molecule has 28 heavy (non-hydrogen) atoms. The summed E-state index contributed by atoms with van der Waals surface area (Å²) >= 11 is 6.38. The Hall–Kier alpha value is -2.54. The molecule has 2 heterocycles. The third-order valence-electron chi connectivity index (χ3n) is 5.31. The smallest absolute Gasteiger partial charge is 0.307 e. The molecule has 148 valence electrons. The van der Waals surface area contributed by atoms with E-state index in [4.69, 9.17) is 22.2 Å². The fourth-order valence-electron chi connectivity index (χ4n) is 3.67. The van der Waals surface area contributed by atoms with Crippen molar-refractivity contribution in [3.63, 3.8) is 0 Å². The number of hydrogen-bond donors (Lipinski definition) is 1. The molecule has 0 spiro atoms. The number of nitrogens with zero attached hydrogens (tertiary/aromatic N) is 4. The van der Waals surface area contributed by atoms with Crippen molar-refractivity contribution in [1.29, 1.82) is 0 Å². The van der Waals surface area contributed by atoms with Gasteiger partial charge in [-0.2, -0.15) is 0 Å². The van der Waals surface area contributed by atoms with Crippen molar-refractivity contribution in [2.45, 2.75) is 44.8 Å². The van der Waals surface area contributed by atoms with Crippen molar-refractivity contribution in [2.75, 3.05) is 0 Å². The summed E-state index contributed by atoms with van der Waals surface area (Å²) in [6.07, 6.45) is 11.3. The molecule has 1 aliphatic rings. The highest BCUT2D eigenvalue weighted by molar-refractivity contribution is 6.31. The third kappa shape index (κ3) is 3.71. The van der Waals surface area contributed by atoms with Crippen LogP contribution in [0.3, 0.4) is 0 Å². The molecule has 0 saturated heterocycles. The molecule has 1 fully saturated rings. The number of fused-ring (bicyclic) bond motifs is 1. The fourth-order valence-corrected chi connectivity index (χ4v) is 3.94. The second-order valence-corrected chi connectivity index (χ2v) is 7.69. The number of hydrogen-bond acceptors (Lipinski definition) is 2. The highest BCUT2D eigenvalue weighted by atomic mass is 35.5. The lowest BCUT2D eigenvalue weighted by Crippen LogP contribution is -2.33. The maximum Gasteiger partial charge on any atom is 0.307 e. The number of aryl methyl sites for hydroxylation is 1. The van der Waals surface area contributed by atoms with Crippen molar-refractivity contribution in [3.05, 3.63) is 58.8 Å². The van der Waals surface area contributed by atoms with Crippen LogP contribution in [0.2, 0.25) is 5.02 Å². The molecule has 6 nitrogen and oxygen atoms in total. The first-order valence-electron chi connectivity index (χ1n) is 9.52. The molecular formula is C20H24ClFN5O+. The Labute approximate surface area is 167 Å². The van der Waals surface area contributed by atoms with Crippen molar-refractivity contribution in [1.82, 2.24) is 9.20 Å². The summed E-state index contributed by atoms with van der Waals surface area (Å²) in [5.74, 6) is -0.277. The SMILES string of the molecule is Cn1ccc2n1cc[n+]2Cc1c(F)cc(C(N)=NOC2CCCCC2)cc1Cl. The number of imidazole rings is 1. The fraction of sp³-hybridized carbons (Fsp3) is 0.400. The number of rotatable bonds is 5. The highest BCUT2D eigenvalue weighted by Crippen LogP contribution is 2.23. The molecule has 0 atom stereocenters. The molecule has 1 aliphatic carbocycles. The van der Waals surface area contributed by atoms with Crippen molar-refractivity contribution < 1.29 is 13.8 Å². The maximum atomic E-state index is 14.8. The molecule has 2 aromatic heterocycles. The minimum atomic E-state index is -0.416. The lowest BCUT2D eigenvalue weighted by atomic mass is 9.98. The molecule has 1 saturated carbocycles. The van der Waals surface area contributed by atoms with Crippen LogP contribution in [0.25, 0.3) is 5.65 Å². The quantitative estimate of drug-likeness (QED) is 0.307. The van der Waals surface area contributed by atoms with Gasteiger partial charge in [-0.3, -0.25) is 0 Å². The standard InChI is InChI=1S/C20H24ClFN5O/c1-25-8-7-19-26(9-10-27(19)25)13-16-17(21)11-14(12-18(16)22)20(23)24-28-15-5-3-2-4-6-15/h7-12,15H,2-6,13H2,1H3,(H2,23,24)/q+1. The summed E-state index contributed by atoms with van der Waals surface area (Å²) in [5.41, 5.74) is 7.79. The molecule has 4 rings (SSSR count). The van der Waals surface area contributed by atoms with Crippen LogP contribution in [-0.4, -0.2) is 21.1 Å². The van der Waals surface area contributed by atoms with E-state index >= 15 is 0 Å². The van der Waals surface area contributed by atoms with Gasteiger partial charge in [0.2, 0.25) is 0 Å². The van der Waals surface area contributed by atoms with E-state index in [9.17, 15) is 4.39 Å². The second kappa shape index (κ2) is 7.83. The number of amidine groups is 1. The highest BCUT2D eigenvalue weighted by Gasteiger charge is 2.19. The van der Waals surface area contributed by atoms with E-state index in [0.29, 0.717) is 22.7 Å². The lowest BCUT2D eigenvalue weighted by Gasteiger charge is -2.19. The number of nitrogens with two attached hydrogens (primary N) is 1. The van der Waals surface area contributed by atoms with Crippen LogP contribution in [0.1, 0.15) is 43.2 Å². The largest absolute Gasteiger partial charge is 0.391 e. The number of aromatic nitrogens is 3. The van der Waals surface area contributed by atoms with Gasteiger partial charge in [0, 0.05) is 30.4 Å². The molecule has 2 N–H and O–H groups in total. The molecular weight excluding hydrogens is 381 g/mol. The summed E-state index contributed by atoms with van der Waals surface area (Å²) in [6.45, 7) is 0.321. The molecule has 3 aromatic rings. The Morgan fingerprint density at radius 2 is 2.11 bits per heavy atom. The molecule has 8 heteroatoms. The molecule has 0 aliphatic heterocycles. The number of halogens is 2. The molecule has 0 bridgehead atoms. The van der Waals surface area contributed by atoms with Crippen LogP contribution in [0.15, 0.2) is 41.9 Å². The van der Waals surface area contributed by atoms with Crippen molar-refractivity contribution >= 4 is 23.1 Å². The van der Waals surface area contributed by atoms with Gasteiger partial charge in [0.15, 0.2) is 12.0 Å². The van der Waals surface area contributed by atoms with Crippen LogP contribution in [0, 0.1) is 5.82 Å². The van der Waals surface area contributed by atoms with E-state index in [0.717, 1.165) is 31.3 Å². The topological polar surface area (TPSA) is 60.8 Å². The first-order chi connectivity index (χ1) is 13.5. The minimum absolute atomic E-state index is 0.0893. The van der Waals surface area contributed by atoms with Gasteiger partial charge in [0.05, 0.1) is 5.02 Å². The van der Waals surface area contributed by atoms with Crippen LogP contribution >= 0.6 is 11.6 Å². The summed E-state index contributed by atoms with van der Waals surface area (Å²) in [5, 5.41) is 4.32. The van der Waals surface area contributed by atoms with Gasteiger partial charge in [-0.05, 0) is 37.8 Å². The monoisotopic (exact) mass is 404 g/mol. The molecule has 0 amide bonds. The van der Waals surface area contributed by atoms with Crippen molar-refractivity contribution in [2.24, 2.45) is 17.9 Å². The average molecular weight is 405 g/mol. The summed E-state index contributed by atoms with van der Waals surface area (Å²) in [7, 11) is 1.94. The Kier molecular flexibility index (Phi) is 5.26. The van der Waals surface area contributed by atoms with Gasteiger partial charge in [0.1, 0.15) is 24.7 Å². The minimum Gasteiger partial charge on any atom is -0.391 e. The zero-order chi connectivity index (χ0) is 19.7. The Balaban J connectivity index is 1.54. The molecule has 0 unspecified atom stereocenters. The van der Waals surface area contributed by atoms with E-state index < -0.39 is 5.82 Å². The zero-order valence-corrected chi connectivity index (χ0v) is 16.6. The van der Waals surface area contributed by atoms with E-state index in [1.165, 1.54) is 12.5 Å². The Bertz CT molecular complexity index is 996. The van der Waals surface area contributed by atoms with Crippen LogP contribution in [-0.2, 0) is 18.4 Å². The van der Waals surface area contributed by atoms with E-state index in [1.54, 1.807) is 6.07 Å². The van der Waals surface area contributed by atoms with Gasteiger partial charge >= 0.3 is 5.65 Å². The van der Waals surface area contributed by atoms with Gasteiger partial charge in [0.25, 0.3) is 0 Å². The van der Waals surface area contributed by atoms with Crippen molar-refractivity contribution in [3.8, 4) is 0 Å². The summed E-state index contributed by atoms with van der Waals surface area (Å²) in [6, 6.07) is 4.97. The maximum absolute atomic E-state index is 14.8. The van der Waals surface area contributed by atoms with Gasteiger partial charge in [-0.25, -0.2) is 13.6 Å². The predicted octanol–water partition coefficient (Wildman–Crippen LogP) is 3.38. The second-order valence-electron chi connectivity index (χ2n) is 7.28. The zero-order valence-electron chi connectivity index (χ0n) is 15.8. The summed E-state index contributed by atoms with van der Waals surface area (Å²) < 4.78 is 20.6. The van der Waals surface area contributed by atoms with E-state index in [1.807, 2.05) is 45.5 Å². The first kappa shape index (κ1) is 18.8. The van der Waals surface area contributed by atoms with Gasteiger partial charge < -0.3 is 10.6 Å². The van der Waals surface area contributed by atoms with Gasteiger partial charge in [-0.1, -0.05) is 23.2 Å². The van der Waals surface area contributed by atoms with Crippen LogP contribution in [0.5, 0.6) is 0 Å². The molecule has 0 radical (unpaired) electrons. The number of oxime groups is 1. The van der Waals surface area contributed by atoms with E-state index in [2.05, 4.69) is 5.16 Å². The Morgan fingerprint density at radius 3 is 2.86 bits per heavy atom. The van der Waals surface area contributed by atoms with Crippen LogP contribution < -0.4 is 10.3 Å². The average Bonchev–Trinajstić information content (AvgIpc) is 3.26. The molecule has 1 aromatic carbocycles. The first-order valence-corrected chi connectivity index (χ1v) is 9.90. The normalized spacial score (nSPS) is 16.0. The van der Waals surface area contributed by atoms with E-state index in [-0.39, 0.29) is 11.9 Å². The van der Waals surface area contributed by atoms with Gasteiger partial charge in [-0.15, -0.1) is 4.52 Å². The third-order valence-corrected chi connectivity index (χ3v) is 5.65. The van der Waals surface area contributed by atoms with Crippen LogP contribution in [0.4, 0.5) is 4.39 Å². The number of benzene rings is 1. The predicted molar refractivity (Wildman–Crippen MR) is 106 cm³/mol.